The van der Waals surface area contributed by atoms with Gasteiger partial charge < -0.3 is 14.2 Å². The molecule has 456 valence electrons. The predicted molar refractivity (Wildman–Crippen MR) is 339 cm³/mol. The zero-order valence-corrected chi connectivity index (χ0v) is 52.5. The van der Waals surface area contributed by atoms with Crippen molar-refractivity contribution in [3.8, 4) is 0 Å². The van der Waals surface area contributed by atoms with E-state index in [1.807, 2.05) is 0 Å². The fourth-order valence-corrected chi connectivity index (χ4v) is 10.3. The summed E-state index contributed by atoms with van der Waals surface area (Å²) >= 11 is 0. The maximum absolute atomic E-state index is 12.9. The van der Waals surface area contributed by atoms with Gasteiger partial charge in [0, 0.05) is 19.3 Å². The van der Waals surface area contributed by atoms with Gasteiger partial charge in [-0.05, 0) is 83.5 Å². The Morgan fingerprint density at radius 3 is 0.731 bits per heavy atom. The van der Waals surface area contributed by atoms with E-state index in [4.69, 9.17) is 14.2 Å². The highest BCUT2D eigenvalue weighted by Crippen LogP contribution is 2.18. The molecule has 0 aliphatic rings. The Kier molecular flexibility index (Phi) is 64.6. The van der Waals surface area contributed by atoms with Crippen LogP contribution in [0.2, 0.25) is 0 Å². The third kappa shape index (κ3) is 64.2. The van der Waals surface area contributed by atoms with Gasteiger partial charge in [-0.3, -0.25) is 14.4 Å². The number of hydrogen-bond acceptors (Lipinski definition) is 6. The minimum atomic E-state index is -0.773. The van der Waals surface area contributed by atoms with Crippen LogP contribution in [0.25, 0.3) is 0 Å². The molecule has 6 heteroatoms. The summed E-state index contributed by atoms with van der Waals surface area (Å²) in [7, 11) is 0. The number of allylic oxidation sites excluding steroid dienone is 8. The van der Waals surface area contributed by atoms with Crippen LogP contribution in [0.3, 0.4) is 0 Å². The van der Waals surface area contributed by atoms with Crippen LogP contribution in [0.15, 0.2) is 48.6 Å². The summed E-state index contributed by atoms with van der Waals surface area (Å²) in [6.45, 7) is 6.68. The van der Waals surface area contributed by atoms with E-state index in [-0.39, 0.29) is 31.1 Å². The Balaban J connectivity index is 4.23. The van der Waals surface area contributed by atoms with Crippen molar-refractivity contribution in [2.75, 3.05) is 13.2 Å². The number of hydrogen-bond donors (Lipinski definition) is 0. The second-order valence-corrected chi connectivity index (χ2v) is 23.4. The van der Waals surface area contributed by atoms with Crippen LogP contribution < -0.4 is 0 Å². The average Bonchev–Trinajstić information content (AvgIpc) is 3.44. The van der Waals surface area contributed by atoms with Crippen LogP contribution in [0.1, 0.15) is 374 Å². The number of carbonyl (C=O) groups is 3. The molecule has 0 aromatic heterocycles. The summed E-state index contributed by atoms with van der Waals surface area (Å²) < 4.78 is 17.0. The van der Waals surface area contributed by atoms with Crippen LogP contribution in [0, 0.1) is 0 Å². The van der Waals surface area contributed by atoms with Gasteiger partial charge in [-0.25, -0.2) is 0 Å². The molecule has 0 rings (SSSR count). The molecule has 0 aliphatic carbocycles. The van der Waals surface area contributed by atoms with Gasteiger partial charge in [0.2, 0.25) is 0 Å². The summed E-state index contributed by atoms with van der Waals surface area (Å²) in [4.78, 5) is 38.4. The highest BCUT2D eigenvalue weighted by atomic mass is 16.6. The summed E-state index contributed by atoms with van der Waals surface area (Å²) in [5.74, 6) is -0.850. The van der Waals surface area contributed by atoms with Gasteiger partial charge in [0.05, 0.1) is 0 Å². The molecule has 0 saturated heterocycles. The smallest absolute Gasteiger partial charge is 0.306 e. The number of unbranched alkanes of at least 4 members (excludes halogenated alkanes) is 45. The third-order valence-corrected chi connectivity index (χ3v) is 15.6. The number of esters is 3. The lowest BCUT2D eigenvalue weighted by molar-refractivity contribution is -0.167. The lowest BCUT2D eigenvalue weighted by Gasteiger charge is -2.18. The molecule has 6 nitrogen and oxygen atoms in total. The van der Waals surface area contributed by atoms with E-state index in [9.17, 15) is 14.4 Å². The molecule has 0 saturated carbocycles. The lowest BCUT2D eigenvalue weighted by Crippen LogP contribution is -2.30. The van der Waals surface area contributed by atoms with E-state index in [1.54, 1.807) is 0 Å². The van der Waals surface area contributed by atoms with Crippen LogP contribution in [-0.4, -0.2) is 37.2 Å². The van der Waals surface area contributed by atoms with Crippen LogP contribution in [-0.2, 0) is 28.6 Å². The van der Waals surface area contributed by atoms with E-state index < -0.39 is 6.10 Å². The van der Waals surface area contributed by atoms with E-state index >= 15 is 0 Å². The van der Waals surface area contributed by atoms with Crippen molar-refractivity contribution in [2.24, 2.45) is 0 Å². The Morgan fingerprint density at radius 1 is 0.256 bits per heavy atom. The second-order valence-electron chi connectivity index (χ2n) is 23.4. The third-order valence-electron chi connectivity index (χ3n) is 15.6. The molecule has 1 atom stereocenters. The zero-order chi connectivity index (χ0) is 56.4. The first-order valence-corrected chi connectivity index (χ1v) is 34.6. The Morgan fingerprint density at radius 2 is 0.462 bits per heavy atom. The molecule has 0 heterocycles. The molecule has 0 bridgehead atoms. The maximum atomic E-state index is 12.9. The Labute approximate surface area is 486 Å². The van der Waals surface area contributed by atoms with Crippen molar-refractivity contribution < 1.29 is 28.6 Å². The fourth-order valence-electron chi connectivity index (χ4n) is 10.3. The van der Waals surface area contributed by atoms with Crippen molar-refractivity contribution in [3.63, 3.8) is 0 Å². The van der Waals surface area contributed by atoms with Crippen LogP contribution in [0.5, 0.6) is 0 Å². The average molecular weight is 1090 g/mol. The van der Waals surface area contributed by atoms with Crippen molar-refractivity contribution >= 4 is 17.9 Å². The van der Waals surface area contributed by atoms with Crippen LogP contribution >= 0.6 is 0 Å². The van der Waals surface area contributed by atoms with Gasteiger partial charge in [0.15, 0.2) is 6.10 Å². The summed E-state index contributed by atoms with van der Waals surface area (Å²) in [6, 6.07) is 0. The molecule has 0 N–H and O–H groups in total. The van der Waals surface area contributed by atoms with Crippen molar-refractivity contribution in [3.05, 3.63) is 48.6 Å². The van der Waals surface area contributed by atoms with Crippen molar-refractivity contribution in [1.82, 2.24) is 0 Å². The normalized spacial score (nSPS) is 12.3. The van der Waals surface area contributed by atoms with Crippen LogP contribution in [0.4, 0.5) is 0 Å². The van der Waals surface area contributed by atoms with Gasteiger partial charge in [-0.15, -0.1) is 0 Å². The van der Waals surface area contributed by atoms with E-state index in [0.717, 1.165) is 70.6 Å². The van der Waals surface area contributed by atoms with Crippen molar-refractivity contribution in [2.45, 2.75) is 380 Å². The number of rotatable bonds is 64. The molecule has 78 heavy (non-hydrogen) atoms. The molecule has 1 unspecified atom stereocenters. The molecule has 0 aromatic carbocycles. The second kappa shape index (κ2) is 66.9. The summed E-state index contributed by atoms with van der Waals surface area (Å²) in [5.41, 5.74) is 0. The minimum absolute atomic E-state index is 0.0698. The van der Waals surface area contributed by atoms with Gasteiger partial charge in [-0.1, -0.05) is 320 Å². The largest absolute Gasteiger partial charge is 0.462 e. The predicted octanol–water partition coefficient (Wildman–Crippen LogP) is 23.7. The topological polar surface area (TPSA) is 78.9 Å². The SMILES string of the molecule is CCCCCCC/C=C\C/C=C\C/C=C\CCCCCCCCCCCCCCC(=O)OCC(COC(=O)CCCCCCCCCCCCCC)OC(=O)CCCCCCCCCCC/C=C\CCCCCCCCCC. The molecule has 0 aromatic rings. The minimum Gasteiger partial charge on any atom is -0.462 e. The number of carbonyl (C=O) groups excluding carboxylic acids is 3. The first-order valence-electron chi connectivity index (χ1n) is 34.6. The molecule has 0 amide bonds. The first kappa shape index (κ1) is 75.4. The van der Waals surface area contributed by atoms with E-state index in [1.165, 1.54) is 263 Å². The van der Waals surface area contributed by atoms with Gasteiger partial charge in [-0.2, -0.15) is 0 Å². The standard InChI is InChI=1S/C72H132O6/c1-4-7-10-13-16-19-22-25-27-29-31-33-34-35-36-37-38-40-41-43-45-47-50-53-56-59-62-65-71(74)77-68-69(67-76-70(73)64-61-58-55-52-49-24-21-18-15-12-9-6-3)78-72(75)66-63-60-57-54-51-48-46-44-42-39-32-30-28-26-23-20-17-14-11-8-5-2/h22,25,29-32,34-35,69H,4-21,23-24,26-28,33,36-68H2,1-3H3/b25-22-,31-29-,32-30-,35-34-. The monoisotopic (exact) mass is 1090 g/mol. The quantitative estimate of drug-likeness (QED) is 0.0261. The van der Waals surface area contributed by atoms with E-state index in [0.29, 0.717) is 19.3 Å². The summed E-state index contributed by atoms with van der Waals surface area (Å²) in [6.07, 6.45) is 84.2. The fraction of sp³-hybridized carbons (Fsp3) is 0.847. The molecule has 0 radical (unpaired) electrons. The zero-order valence-electron chi connectivity index (χ0n) is 52.5. The van der Waals surface area contributed by atoms with Gasteiger partial charge in [0.1, 0.15) is 13.2 Å². The molecule has 0 fully saturated rings. The maximum Gasteiger partial charge on any atom is 0.306 e. The van der Waals surface area contributed by atoms with Gasteiger partial charge >= 0.3 is 17.9 Å². The van der Waals surface area contributed by atoms with Crippen molar-refractivity contribution in [1.29, 1.82) is 0 Å². The van der Waals surface area contributed by atoms with E-state index in [2.05, 4.69) is 69.4 Å². The highest BCUT2D eigenvalue weighted by Gasteiger charge is 2.19. The van der Waals surface area contributed by atoms with Gasteiger partial charge in [0.25, 0.3) is 0 Å². The molecular formula is C72H132O6. The molecule has 0 spiro atoms. The Bertz CT molecular complexity index is 1350. The number of ether oxygens (including phenoxy) is 3. The first-order chi connectivity index (χ1) is 38.5. The molecule has 0 aliphatic heterocycles. The highest BCUT2D eigenvalue weighted by molar-refractivity contribution is 5.71. The summed E-state index contributed by atoms with van der Waals surface area (Å²) in [5, 5.41) is 0. The molecular weight excluding hydrogens is 961 g/mol. The Hall–Kier alpha value is -2.63. The lowest BCUT2D eigenvalue weighted by atomic mass is 10.0.